The van der Waals surface area contributed by atoms with Crippen LogP contribution in [0.5, 0.6) is 17.2 Å². The Morgan fingerprint density at radius 1 is 0.771 bits per heavy atom. The Morgan fingerprint density at radius 2 is 1.31 bits per heavy atom. The van der Waals surface area contributed by atoms with E-state index in [4.69, 9.17) is 14.2 Å². The summed E-state index contributed by atoms with van der Waals surface area (Å²) in [6.45, 7) is 17.8. The van der Waals surface area contributed by atoms with Crippen molar-refractivity contribution in [2.75, 3.05) is 0 Å². The van der Waals surface area contributed by atoms with E-state index in [1.807, 2.05) is 32.0 Å². The lowest BCUT2D eigenvalue weighted by Gasteiger charge is -2.17. The molecule has 6 nitrogen and oxygen atoms in total. The van der Waals surface area contributed by atoms with Crippen LogP contribution in [0, 0.1) is 5.92 Å². The van der Waals surface area contributed by atoms with Crippen LogP contribution in [0.25, 0.3) is 5.57 Å². The van der Waals surface area contributed by atoms with Crippen LogP contribution in [0.4, 0.5) is 0 Å². The number of benzene rings is 2. The van der Waals surface area contributed by atoms with Crippen LogP contribution in [0.3, 0.4) is 0 Å². The zero-order valence-corrected chi connectivity index (χ0v) is 21.2. The zero-order valence-electron chi connectivity index (χ0n) is 21.2. The van der Waals surface area contributed by atoms with Crippen molar-refractivity contribution in [2.45, 2.75) is 48.0 Å². The summed E-state index contributed by atoms with van der Waals surface area (Å²) in [5.41, 5.74) is 4.18. The summed E-state index contributed by atoms with van der Waals surface area (Å²) in [6.07, 6.45) is 0.771. The highest BCUT2D eigenvalue weighted by Gasteiger charge is 2.19. The molecule has 0 aliphatic rings. The molecule has 184 valence electrons. The molecule has 0 aliphatic carbocycles. The average Bonchev–Trinajstić information content (AvgIpc) is 2.81. The van der Waals surface area contributed by atoms with Crippen molar-refractivity contribution in [1.29, 1.82) is 0 Å². The minimum absolute atomic E-state index is 0.123. The molecule has 35 heavy (non-hydrogen) atoms. The van der Waals surface area contributed by atoms with Crippen LogP contribution >= 0.6 is 0 Å². The zero-order chi connectivity index (χ0) is 26.3. The Balaban J connectivity index is 2.54. The van der Waals surface area contributed by atoms with Gasteiger partial charge in [-0.3, -0.25) is 4.79 Å². The maximum atomic E-state index is 12.3. The lowest BCUT2D eigenvalue weighted by Crippen LogP contribution is -2.16. The average molecular weight is 477 g/mol. The first-order valence-corrected chi connectivity index (χ1v) is 11.4. The molecule has 0 N–H and O–H groups in total. The third-order valence-electron chi connectivity index (χ3n) is 5.12. The second-order valence-corrected chi connectivity index (χ2v) is 8.61. The summed E-state index contributed by atoms with van der Waals surface area (Å²) >= 11 is 0. The van der Waals surface area contributed by atoms with E-state index in [1.165, 1.54) is 0 Å². The molecule has 2 aromatic rings. The minimum atomic E-state index is -0.620. The quantitative estimate of drug-likeness (QED) is 0.235. The smallest absolute Gasteiger partial charge is 0.338 e. The predicted octanol–water partition coefficient (Wildman–Crippen LogP) is 6.44. The molecule has 2 aromatic carbocycles. The van der Waals surface area contributed by atoms with Crippen molar-refractivity contribution in [3.05, 3.63) is 83.5 Å². The predicted molar refractivity (Wildman–Crippen MR) is 136 cm³/mol. The van der Waals surface area contributed by atoms with Crippen molar-refractivity contribution >= 4 is 23.5 Å². The van der Waals surface area contributed by atoms with Crippen molar-refractivity contribution in [3.8, 4) is 17.2 Å². The van der Waals surface area contributed by atoms with E-state index >= 15 is 0 Å². The Hall–Kier alpha value is -3.93. The summed E-state index contributed by atoms with van der Waals surface area (Å²) < 4.78 is 16.3. The fraction of sp³-hybridized carbons (Fsp3) is 0.276. The number of hydrogen-bond donors (Lipinski definition) is 0. The summed E-state index contributed by atoms with van der Waals surface area (Å²) in [7, 11) is 0. The molecule has 0 atom stereocenters. The Bertz CT molecular complexity index is 1180. The Morgan fingerprint density at radius 3 is 1.83 bits per heavy atom. The van der Waals surface area contributed by atoms with E-state index in [9.17, 15) is 14.4 Å². The fourth-order valence-corrected chi connectivity index (χ4v) is 2.96. The third kappa shape index (κ3) is 7.27. The second kappa shape index (κ2) is 12.0. The van der Waals surface area contributed by atoms with Gasteiger partial charge >= 0.3 is 17.9 Å². The van der Waals surface area contributed by atoms with Crippen molar-refractivity contribution in [1.82, 2.24) is 0 Å². The normalized spacial score (nSPS) is 11.4. The first-order chi connectivity index (χ1) is 16.4. The molecule has 0 amide bonds. The minimum Gasteiger partial charge on any atom is -0.423 e. The summed E-state index contributed by atoms with van der Waals surface area (Å²) in [4.78, 5) is 36.3. The van der Waals surface area contributed by atoms with Gasteiger partial charge in [0.2, 0.25) is 0 Å². The molecule has 0 radical (unpaired) electrons. The highest BCUT2D eigenvalue weighted by Crippen LogP contribution is 2.36. The van der Waals surface area contributed by atoms with Crippen LogP contribution in [-0.2, 0) is 14.4 Å². The molecule has 0 aromatic heterocycles. The first kappa shape index (κ1) is 27.3. The van der Waals surface area contributed by atoms with Gasteiger partial charge in [-0.2, -0.15) is 0 Å². The number of carbonyl (C=O) groups excluding carboxylic acids is 3. The molecule has 0 bridgehead atoms. The molecule has 0 saturated carbocycles. The molecule has 2 rings (SSSR count). The highest BCUT2D eigenvalue weighted by molar-refractivity contribution is 5.91. The molecular weight excluding hydrogens is 444 g/mol. The summed E-state index contributed by atoms with van der Waals surface area (Å²) in [5.74, 6) is -1.22. The van der Waals surface area contributed by atoms with E-state index in [0.29, 0.717) is 11.3 Å². The van der Waals surface area contributed by atoms with Gasteiger partial charge < -0.3 is 14.2 Å². The fourth-order valence-electron chi connectivity index (χ4n) is 2.96. The number of rotatable bonds is 9. The van der Waals surface area contributed by atoms with Gasteiger partial charge in [0.25, 0.3) is 0 Å². The lowest BCUT2D eigenvalue weighted by molar-refractivity contribution is -0.138. The van der Waals surface area contributed by atoms with Gasteiger partial charge in [0, 0.05) is 11.1 Å². The van der Waals surface area contributed by atoms with Gasteiger partial charge in [-0.15, -0.1) is 0 Å². The lowest BCUT2D eigenvalue weighted by atomic mass is 9.92. The largest absolute Gasteiger partial charge is 0.423 e. The van der Waals surface area contributed by atoms with Crippen LogP contribution < -0.4 is 14.2 Å². The maximum absolute atomic E-state index is 12.3. The second-order valence-electron chi connectivity index (χ2n) is 8.61. The van der Waals surface area contributed by atoms with E-state index in [2.05, 4.69) is 13.2 Å². The number of esters is 3. The summed E-state index contributed by atoms with van der Waals surface area (Å²) in [5, 5.41) is 0. The molecule has 0 saturated heterocycles. The van der Waals surface area contributed by atoms with Crippen LogP contribution in [0.1, 0.15) is 59.1 Å². The van der Waals surface area contributed by atoms with Crippen molar-refractivity contribution in [2.24, 2.45) is 5.92 Å². The van der Waals surface area contributed by atoms with Crippen LogP contribution in [0.2, 0.25) is 0 Å². The molecule has 0 fully saturated rings. The van der Waals surface area contributed by atoms with Gasteiger partial charge in [-0.05, 0) is 68.2 Å². The Labute approximate surface area is 206 Å². The third-order valence-corrected chi connectivity index (χ3v) is 5.12. The SMILES string of the molecule is C=C(C)C(=O)Oc1ccc(/C(=C(\C)CC)c2ccc(OC(=O)C(C)C)c(OC(=O)C(=C)C)c2)cc1. The number of carbonyl (C=O) groups is 3. The van der Waals surface area contributed by atoms with Crippen LogP contribution in [-0.4, -0.2) is 17.9 Å². The van der Waals surface area contributed by atoms with Crippen LogP contribution in [0.15, 0.2) is 72.3 Å². The van der Waals surface area contributed by atoms with E-state index in [0.717, 1.165) is 28.7 Å². The number of allylic oxidation sites excluding steroid dienone is 1. The first-order valence-electron chi connectivity index (χ1n) is 11.4. The van der Waals surface area contributed by atoms with Gasteiger partial charge in [-0.1, -0.05) is 57.7 Å². The van der Waals surface area contributed by atoms with Crippen molar-refractivity contribution in [3.63, 3.8) is 0 Å². The highest BCUT2D eigenvalue weighted by atomic mass is 16.6. The molecule has 0 aliphatic heterocycles. The van der Waals surface area contributed by atoms with Gasteiger partial charge in [0.15, 0.2) is 11.5 Å². The standard InChI is InChI=1S/C29H32O6/c1-9-20(8)26(21-10-13-23(14-11-21)33-27(30)17(2)3)22-12-15-24(34-28(31)18(4)5)25(16-22)35-29(32)19(6)7/h10-16,18H,2,6,9H2,1,3-5,7-8H3/b26-20-. The number of ether oxygens (including phenoxy) is 3. The van der Waals surface area contributed by atoms with E-state index in [-0.39, 0.29) is 23.0 Å². The molecule has 0 unspecified atom stereocenters. The van der Waals surface area contributed by atoms with Crippen molar-refractivity contribution < 1.29 is 28.6 Å². The summed E-state index contributed by atoms with van der Waals surface area (Å²) in [6, 6.07) is 12.2. The van der Waals surface area contributed by atoms with E-state index in [1.54, 1.807) is 52.0 Å². The van der Waals surface area contributed by atoms with Gasteiger partial charge in [0.05, 0.1) is 5.92 Å². The molecule has 0 spiro atoms. The molecule has 0 heterocycles. The van der Waals surface area contributed by atoms with Gasteiger partial charge in [-0.25, -0.2) is 9.59 Å². The monoisotopic (exact) mass is 476 g/mol. The maximum Gasteiger partial charge on any atom is 0.338 e. The van der Waals surface area contributed by atoms with E-state index < -0.39 is 17.9 Å². The van der Waals surface area contributed by atoms with Gasteiger partial charge in [0.1, 0.15) is 5.75 Å². The molecule has 6 heteroatoms. The molecular formula is C29H32O6. The number of hydrogen-bond acceptors (Lipinski definition) is 6. The topological polar surface area (TPSA) is 78.9 Å². The Kier molecular flexibility index (Phi) is 9.34.